The number of oxime groups is 1. The van der Waals surface area contributed by atoms with Gasteiger partial charge in [-0.05, 0) is 46.0 Å². The quantitative estimate of drug-likeness (QED) is 0.0974. The van der Waals surface area contributed by atoms with Crippen molar-refractivity contribution in [1.82, 2.24) is 0 Å². The molecule has 12 atom stereocenters. The average Bonchev–Trinajstić information content (AvgIpc) is 3.27. The summed E-state index contributed by atoms with van der Waals surface area (Å²) in [5.41, 5.74) is 4.36. The number of nitrogens with zero attached hydrogens (tertiary/aromatic N) is 1. The molecule has 0 aliphatic carbocycles. The third kappa shape index (κ3) is 8.93. The van der Waals surface area contributed by atoms with E-state index in [2.05, 4.69) is 11.7 Å². The van der Waals surface area contributed by atoms with Gasteiger partial charge in [0.25, 0.3) is 0 Å². The molecule has 0 spiro atoms. The first kappa shape index (κ1) is 39.4. The number of ketones is 1. The molecule has 12 unspecified atom stereocenters. The maximum atomic E-state index is 13.9. The molecule has 0 aromatic rings. The number of carbonyl (C=O) groups excluding carboxylic acids is 4. The first-order chi connectivity index (χ1) is 22.5. The van der Waals surface area contributed by atoms with Gasteiger partial charge in [-0.2, -0.15) is 0 Å². The molecule has 0 amide bonds. The van der Waals surface area contributed by atoms with Crippen LogP contribution >= 0.6 is 0 Å². The minimum absolute atomic E-state index is 0.0441. The van der Waals surface area contributed by atoms with E-state index in [1.165, 1.54) is 21.0 Å². The van der Waals surface area contributed by atoms with E-state index in [0.29, 0.717) is 12.1 Å². The van der Waals surface area contributed by atoms with E-state index in [1.54, 1.807) is 26.8 Å². The van der Waals surface area contributed by atoms with Crippen LogP contribution in [-0.2, 0) is 52.4 Å². The normalized spacial score (nSPS) is 40.8. The first-order valence-corrected chi connectivity index (χ1v) is 16.7. The van der Waals surface area contributed by atoms with Crippen molar-refractivity contribution in [2.45, 2.75) is 129 Å². The average molecular weight is 683 g/mol. The molecular weight excluding hydrogens is 628 g/mol. The predicted octanol–water partition coefficient (Wildman–Crippen LogP) is 3.86. The molecule has 0 aromatic heterocycles. The Morgan fingerprint density at radius 3 is 2.44 bits per heavy atom. The highest BCUT2D eigenvalue weighted by Crippen LogP contribution is 2.41. The fraction of sp³-hybridized carbons (Fsp3) is 0.794. The van der Waals surface area contributed by atoms with Gasteiger partial charge < -0.3 is 43.7 Å². The molecule has 48 heavy (non-hydrogen) atoms. The Morgan fingerprint density at radius 2 is 1.83 bits per heavy atom. The third-order valence-corrected chi connectivity index (χ3v) is 9.74. The minimum Gasteiger partial charge on any atom is -0.457 e. The van der Waals surface area contributed by atoms with E-state index in [-0.39, 0.29) is 38.4 Å². The maximum absolute atomic E-state index is 13.9. The van der Waals surface area contributed by atoms with Crippen molar-refractivity contribution in [2.75, 3.05) is 20.3 Å². The number of ether oxygens (including phenoxy) is 7. The van der Waals surface area contributed by atoms with Crippen LogP contribution in [0.5, 0.6) is 0 Å². The van der Waals surface area contributed by atoms with Crippen LogP contribution in [0.1, 0.15) is 81.1 Å². The minimum atomic E-state index is -1.40. The van der Waals surface area contributed by atoms with Crippen molar-refractivity contribution in [2.24, 2.45) is 34.6 Å². The number of hydrogen-bond acceptors (Lipinski definition) is 14. The van der Waals surface area contributed by atoms with Gasteiger partial charge in [0.1, 0.15) is 24.4 Å². The maximum Gasteiger partial charge on any atom is 0.509 e. The number of hydrogen-bond donors (Lipinski definition) is 1. The molecule has 0 radical (unpaired) electrons. The Morgan fingerprint density at radius 1 is 1.15 bits per heavy atom. The number of Topliss-reactive ketones (excluding diaryl/α,β-unsaturated/α-hetero) is 1. The third-order valence-electron chi connectivity index (χ3n) is 9.74. The summed E-state index contributed by atoms with van der Waals surface area (Å²) in [6, 6.07) is -0.606. The highest BCUT2D eigenvalue weighted by molar-refractivity contribution is 5.99. The van der Waals surface area contributed by atoms with Crippen molar-refractivity contribution < 1.29 is 57.2 Å². The Balaban J connectivity index is 2.15. The number of nitrogens with two attached hydrogens (primary N) is 1. The molecule has 3 saturated heterocycles. The fourth-order valence-corrected chi connectivity index (χ4v) is 6.91. The van der Waals surface area contributed by atoms with Gasteiger partial charge in [0, 0.05) is 38.3 Å². The molecule has 0 bridgehead atoms. The molecule has 3 rings (SSSR count). The molecule has 0 aromatic carbocycles. The monoisotopic (exact) mass is 682 g/mol. The van der Waals surface area contributed by atoms with Crippen molar-refractivity contribution in [3.05, 3.63) is 12.7 Å². The van der Waals surface area contributed by atoms with Crippen LogP contribution in [0.25, 0.3) is 0 Å². The zero-order valence-corrected chi connectivity index (χ0v) is 29.7. The number of methoxy groups -OCH3 is 1. The predicted molar refractivity (Wildman–Crippen MR) is 173 cm³/mol. The van der Waals surface area contributed by atoms with Crippen LogP contribution in [-0.4, -0.2) is 97.9 Å². The second-order valence-electron chi connectivity index (χ2n) is 13.7. The van der Waals surface area contributed by atoms with Crippen LogP contribution in [0, 0.1) is 23.7 Å². The number of rotatable bonds is 8. The van der Waals surface area contributed by atoms with E-state index in [9.17, 15) is 19.2 Å². The molecule has 272 valence electrons. The molecule has 3 aliphatic rings. The lowest BCUT2D eigenvalue weighted by Crippen LogP contribution is -2.56. The van der Waals surface area contributed by atoms with Crippen LogP contribution in [0.2, 0.25) is 0 Å². The van der Waals surface area contributed by atoms with E-state index in [1.807, 2.05) is 20.8 Å². The van der Waals surface area contributed by atoms with Crippen LogP contribution in [0.3, 0.4) is 0 Å². The number of esters is 2. The van der Waals surface area contributed by atoms with Crippen molar-refractivity contribution in [3.8, 4) is 0 Å². The Hall–Kier alpha value is -3.07. The second-order valence-corrected chi connectivity index (χ2v) is 13.7. The molecule has 3 fully saturated rings. The fourth-order valence-electron chi connectivity index (χ4n) is 6.91. The van der Waals surface area contributed by atoms with Crippen LogP contribution < -0.4 is 5.73 Å². The number of cyclic esters (lactones) is 1. The summed E-state index contributed by atoms with van der Waals surface area (Å²) in [5.74, 6) is -4.02. The van der Waals surface area contributed by atoms with Crippen LogP contribution in [0.15, 0.2) is 17.8 Å². The summed E-state index contributed by atoms with van der Waals surface area (Å²) in [4.78, 5) is 57.7. The summed E-state index contributed by atoms with van der Waals surface area (Å²) in [6.07, 6.45) is -3.66. The lowest BCUT2D eigenvalue weighted by Gasteiger charge is -2.42. The Kier molecular flexibility index (Phi) is 13.6. The van der Waals surface area contributed by atoms with Gasteiger partial charge in [-0.1, -0.05) is 45.5 Å². The van der Waals surface area contributed by atoms with Gasteiger partial charge in [-0.15, -0.1) is 0 Å². The molecule has 3 aliphatic heterocycles. The summed E-state index contributed by atoms with van der Waals surface area (Å²) in [7, 11) is 1.49. The standard InChI is InChI=1S/C34H54N2O12/c1-11-13-43-36-27-19(4)16-33(8,41-10)26(46-31-28(44-22(7)37)23(35)14-18(3)17-42-31)15-24(38)20(5)30(39)45-25(12-2)34(9)29(21(27)6)47-32(40)48-34/h11,18-21,23,25-26,28-29,31H,1,12-17,35H2,2-10H3. The summed E-state index contributed by atoms with van der Waals surface area (Å²) < 4.78 is 41.7. The zero-order chi connectivity index (χ0) is 36.0. The van der Waals surface area contributed by atoms with Gasteiger partial charge in [0.15, 0.2) is 24.1 Å². The molecule has 14 nitrogen and oxygen atoms in total. The van der Waals surface area contributed by atoms with E-state index in [0.717, 1.165) is 0 Å². The number of fused-ring (bicyclic) bond motifs is 1. The highest BCUT2D eigenvalue weighted by Gasteiger charge is 2.58. The first-order valence-electron chi connectivity index (χ1n) is 16.7. The molecule has 14 heteroatoms. The second kappa shape index (κ2) is 16.6. The molecular formula is C34H54N2O12. The molecule has 2 N–H and O–H groups in total. The van der Waals surface area contributed by atoms with Crippen molar-refractivity contribution >= 4 is 29.6 Å². The Bertz CT molecular complexity index is 1210. The van der Waals surface area contributed by atoms with Gasteiger partial charge in [0.05, 0.1) is 24.0 Å². The van der Waals surface area contributed by atoms with Gasteiger partial charge in [-0.25, -0.2) is 4.79 Å². The lowest BCUT2D eigenvalue weighted by molar-refractivity contribution is -0.255. The molecule has 0 saturated carbocycles. The summed E-state index contributed by atoms with van der Waals surface area (Å²) in [5, 5.41) is 4.46. The van der Waals surface area contributed by atoms with Crippen molar-refractivity contribution in [3.63, 3.8) is 0 Å². The smallest absolute Gasteiger partial charge is 0.457 e. The van der Waals surface area contributed by atoms with Gasteiger partial charge in [0.2, 0.25) is 0 Å². The largest absolute Gasteiger partial charge is 0.509 e. The lowest BCUT2D eigenvalue weighted by atomic mass is 9.75. The topological polar surface area (TPSA) is 180 Å². The summed E-state index contributed by atoms with van der Waals surface area (Å²) in [6.45, 7) is 17.7. The highest BCUT2D eigenvalue weighted by atomic mass is 16.8. The molecule has 3 heterocycles. The van der Waals surface area contributed by atoms with E-state index in [4.69, 9.17) is 43.7 Å². The van der Waals surface area contributed by atoms with Crippen LogP contribution in [0.4, 0.5) is 4.79 Å². The van der Waals surface area contributed by atoms with Crippen molar-refractivity contribution in [1.29, 1.82) is 0 Å². The van der Waals surface area contributed by atoms with Gasteiger partial charge in [-0.3, -0.25) is 14.4 Å². The SMILES string of the molecule is C=CCON=C1C(C)CC(C)(OC)C(OC2OCC(C)CC(N)C2OC(C)=O)CC(=O)C(C)C(=O)OC(CC)C2(C)OC(=O)OC2C1C. The van der Waals surface area contributed by atoms with E-state index < -0.39 is 89.6 Å². The Labute approximate surface area is 283 Å². The van der Waals surface area contributed by atoms with Gasteiger partial charge >= 0.3 is 18.1 Å². The number of carbonyl (C=O) groups is 4. The summed E-state index contributed by atoms with van der Waals surface area (Å²) >= 11 is 0. The zero-order valence-electron chi connectivity index (χ0n) is 29.7. The van der Waals surface area contributed by atoms with E-state index >= 15 is 0 Å².